The smallest absolute Gasteiger partial charge is 0.227 e. The fourth-order valence-corrected chi connectivity index (χ4v) is 2.66. The van der Waals surface area contributed by atoms with E-state index in [1.165, 1.54) is 5.56 Å². The Morgan fingerprint density at radius 1 is 1.24 bits per heavy atom. The van der Waals surface area contributed by atoms with Crippen LogP contribution in [0.5, 0.6) is 0 Å². The molecule has 1 fully saturated rings. The largest absolute Gasteiger partial charge is 0.379 e. The zero-order valence-corrected chi connectivity index (χ0v) is 14.5. The van der Waals surface area contributed by atoms with E-state index < -0.39 is 0 Å². The van der Waals surface area contributed by atoms with E-state index >= 15 is 0 Å². The molecule has 0 bridgehead atoms. The van der Waals surface area contributed by atoms with Gasteiger partial charge in [-0.2, -0.15) is 4.98 Å². The van der Waals surface area contributed by atoms with Crippen LogP contribution < -0.4 is 5.32 Å². The van der Waals surface area contributed by atoms with E-state index in [4.69, 9.17) is 9.26 Å². The van der Waals surface area contributed by atoms with Crippen LogP contribution in [0, 0.1) is 6.92 Å². The molecular formula is C18H24N4O3. The summed E-state index contributed by atoms with van der Waals surface area (Å²) in [6.45, 7) is 6.94. The number of aromatic nitrogens is 2. The molecule has 0 aliphatic carbocycles. The van der Waals surface area contributed by atoms with Crippen LogP contribution in [0.3, 0.4) is 0 Å². The van der Waals surface area contributed by atoms with Gasteiger partial charge in [0.1, 0.15) is 0 Å². The molecule has 1 aromatic heterocycles. The number of morpholine rings is 1. The second-order valence-corrected chi connectivity index (χ2v) is 6.18. The minimum Gasteiger partial charge on any atom is -0.379 e. The summed E-state index contributed by atoms with van der Waals surface area (Å²) >= 11 is 0. The maximum absolute atomic E-state index is 11.9. The first kappa shape index (κ1) is 17.6. The van der Waals surface area contributed by atoms with E-state index in [1.807, 2.05) is 31.2 Å². The highest BCUT2D eigenvalue weighted by Crippen LogP contribution is 2.16. The molecule has 25 heavy (non-hydrogen) atoms. The van der Waals surface area contributed by atoms with Gasteiger partial charge >= 0.3 is 0 Å². The number of benzene rings is 1. The van der Waals surface area contributed by atoms with Crippen LogP contribution in [0.2, 0.25) is 0 Å². The maximum Gasteiger partial charge on any atom is 0.227 e. The number of nitrogens with zero attached hydrogens (tertiary/aromatic N) is 3. The quantitative estimate of drug-likeness (QED) is 0.818. The number of hydrogen-bond acceptors (Lipinski definition) is 6. The van der Waals surface area contributed by atoms with Crippen LogP contribution in [0.1, 0.15) is 17.9 Å². The van der Waals surface area contributed by atoms with Gasteiger partial charge in [-0.15, -0.1) is 0 Å². The molecule has 1 aromatic carbocycles. The predicted molar refractivity (Wildman–Crippen MR) is 93.1 cm³/mol. The van der Waals surface area contributed by atoms with E-state index in [9.17, 15) is 4.79 Å². The number of carbonyl (C=O) groups is 1. The lowest BCUT2D eigenvalue weighted by Crippen LogP contribution is -2.41. The minimum absolute atomic E-state index is 0.00310. The summed E-state index contributed by atoms with van der Waals surface area (Å²) < 4.78 is 10.5. The molecule has 1 saturated heterocycles. The van der Waals surface area contributed by atoms with Crippen LogP contribution in [-0.2, 0) is 16.0 Å². The third kappa shape index (κ3) is 5.37. The molecule has 1 amide bonds. The lowest BCUT2D eigenvalue weighted by molar-refractivity contribution is -0.121. The fourth-order valence-electron chi connectivity index (χ4n) is 2.66. The van der Waals surface area contributed by atoms with Gasteiger partial charge in [0.15, 0.2) is 0 Å². The van der Waals surface area contributed by atoms with Crippen molar-refractivity contribution in [3.05, 3.63) is 35.7 Å². The van der Waals surface area contributed by atoms with Crippen molar-refractivity contribution in [3.8, 4) is 11.4 Å². The predicted octanol–water partition coefficient (Wildman–Crippen LogP) is 1.43. The van der Waals surface area contributed by atoms with Crippen LogP contribution in [-0.4, -0.2) is 60.3 Å². The number of rotatable bonds is 7. The summed E-state index contributed by atoms with van der Waals surface area (Å²) in [6.07, 6.45) is 0.793. The molecule has 0 radical (unpaired) electrons. The van der Waals surface area contributed by atoms with E-state index in [0.29, 0.717) is 31.1 Å². The highest BCUT2D eigenvalue weighted by atomic mass is 16.5. The van der Waals surface area contributed by atoms with Crippen LogP contribution in [0.4, 0.5) is 0 Å². The van der Waals surface area contributed by atoms with E-state index in [2.05, 4.69) is 20.4 Å². The van der Waals surface area contributed by atoms with Crippen molar-refractivity contribution < 1.29 is 14.1 Å². The summed E-state index contributed by atoms with van der Waals surface area (Å²) in [5.74, 6) is 1.05. The molecular weight excluding hydrogens is 320 g/mol. The van der Waals surface area contributed by atoms with E-state index in [1.54, 1.807) is 0 Å². The third-order valence-electron chi connectivity index (χ3n) is 4.20. The Morgan fingerprint density at radius 2 is 2.00 bits per heavy atom. The molecule has 0 spiro atoms. The van der Waals surface area contributed by atoms with Crippen LogP contribution >= 0.6 is 0 Å². The lowest BCUT2D eigenvalue weighted by atomic mass is 10.1. The van der Waals surface area contributed by atoms with Gasteiger partial charge in [0.25, 0.3) is 0 Å². The van der Waals surface area contributed by atoms with Gasteiger partial charge in [-0.05, 0) is 6.92 Å². The van der Waals surface area contributed by atoms with Crippen molar-refractivity contribution in [2.24, 2.45) is 0 Å². The molecule has 1 aliphatic heterocycles. The number of nitrogens with one attached hydrogen (secondary N) is 1. The highest BCUT2D eigenvalue weighted by Gasteiger charge is 2.12. The summed E-state index contributed by atoms with van der Waals surface area (Å²) in [7, 11) is 0. The molecule has 2 aromatic rings. The molecule has 0 unspecified atom stereocenters. The van der Waals surface area contributed by atoms with Gasteiger partial charge in [0.05, 0.1) is 13.2 Å². The monoisotopic (exact) mass is 344 g/mol. The molecule has 0 atom stereocenters. The van der Waals surface area contributed by atoms with Crippen LogP contribution in [0.15, 0.2) is 28.8 Å². The average Bonchev–Trinajstić information content (AvgIpc) is 3.10. The standard InChI is InChI=1S/C18H24N4O3/c1-14-2-4-15(5-3-14)18-20-17(25-21-18)7-6-16(23)19-8-9-22-10-12-24-13-11-22/h2-5H,6-13H2,1H3,(H,19,23). The average molecular weight is 344 g/mol. The van der Waals surface area contributed by atoms with Crippen molar-refractivity contribution in [1.82, 2.24) is 20.4 Å². The second kappa shape index (κ2) is 8.73. The van der Waals surface area contributed by atoms with E-state index in [-0.39, 0.29) is 5.91 Å². The number of ether oxygens (including phenoxy) is 1. The minimum atomic E-state index is 0.00310. The summed E-state index contributed by atoms with van der Waals surface area (Å²) in [5, 5.41) is 6.91. The SMILES string of the molecule is Cc1ccc(-c2noc(CCC(=O)NCCN3CCOCC3)n2)cc1. The van der Waals surface area contributed by atoms with Gasteiger partial charge in [-0.3, -0.25) is 9.69 Å². The Balaban J connectivity index is 1.39. The maximum atomic E-state index is 11.9. The molecule has 7 nitrogen and oxygen atoms in total. The fraction of sp³-hybridized carbons (Fsp3) is 0.500. The molecule has 3 rings (SSSR count). The lowest BCUT2D eigenvalue weighted by Gasteiger charge is -2.26. The Kier molecular flexibility index (Phi) is 6.14. The Morgan fingerprint density at radius 3 is 2.76 bits per heavy atom. The topological polar surface area (TPSA) is 80.5 Å². The van der Waals surface area contributed by atoms with Crippen molar-refractivity contribution in [2.45, 2.75) is 19.8 Å². The number of hydrogen-bond donors (Lipinski definition) is 1. The highest BCUT2D eigenvalue weighted by molar-refractivity contribution is 5.76. The third-order valence-corrected chi connectivity index (χ3v) is 4.20. The number of amides is 1. The Labute approximate surface area is 147 Å². The van der Waals surface area contributed by atoms with E-state index in [0.717, 1.165) is 38.4 Å². The van der Waals surface area contributed by atoms with Gasteiger partial charge in [0, 0.05) is 44.6 Å². The normalized spacial score (nSPS) is 15.2. The Bertz CT molecular complexity index is 678. The summed E-state index contributed by atoms with van der Waals surface area (Å²) in [5.41, 5.74) is 2.09. The molecule has 7 heteroatoms. The molecule has 134 valence electrons. The zero-order valence-electron chi connectivity index (χ0n) is 14.5. The van der Waals surface area contributed by atoms with Gasteiger partial charge in [-0.25, -0.2) is 0 Å². The molecule has 1 N–H and O–H groups in total. The van der Waals surface area contributed by atoms with Gasteiger partial charge < -0.3 is 14.6 Å². The molecule has 2 heterocycles. The Hall–Kier alpha value is -2.25. The van der Waals surface area contributed by atoms with Crippen molar-refractivity contribution >= 4 is 5.91 Å². The summed E-state index contributed by atoms with van der Waals surface area (Å²) in [4.78, 5) is 18.6. The zero-order chi connectivity index (χ0) is 17.5. The first-order chi connectivity index (χ1) is 12.2. The first-order valence-electron chi connectivity index (χ1n) is 8.67. The van der Waals surface area contributed by atoms with Crippen molar-refractivity contribution in [2.75, 3.05) is 39.4 Å². The molecule has 0 saturated carbocycles. The number of carbonyl (C=O) groups excluding carboxylic acids is 1. The van der Waals surface area contributed by atoms with Gasteiger partial charge in [0.2, 0.25) is 17.6 Å². The van der Waals surface area contributed by atoms with Crippen molar-refractivity contribution in [1.29, 1.82) is 0 Å². The van der Waals surface area contributed by atoms with Crippen molar-refractivity contribution in [3.63, 3.8) is 0 Å². The summed E-state index contributed by atoms with van der Waals surface area (Å²) in [6, 6.07) is 7.94. The first-order valence-corrected chi connectivity index (χ1v) is 8.67. The molecule has 1 aliphatic rings. The number of aryl methyl sites for hydroxylation is 2. The van der Waals surface area contributed by atoms with Crippen LogP contribution in [0.25, 0.3) is 11.4 Å². The van der Waals surface area contributed by atoms with Gasteiger partial charge in [-0.1, -0.05) is 35.0 Å². The second-order valence-electron chi connectivity index (χ2n) is 6.18.